The molecule has 0 amide bonds. The van der Waals surface area contributed by atoms with Crippen molar-refractivity contribution in [1.29, 1.82) is 0 Å². The largest absolute Gasteiger partial charge is 0.312 e. The Labute approximate surface area is 117 Å². The third-order valence-corrected chi connectivity index (χ3v) is 4.39. The quantitative estimate of drug-likeness (QED) is 0.852. The molecule has 1 N–H and O–H groups in total. The Balaban J connectivity index is 2.09. The molecule has 1 aliphatic rings. The monoisotopic (exact) mass is 261 g/mol. The van der Waals surface area contributed by atoms with E-state index in [1.807, 2.05) is 18.5 Å². The zero-order chi connectivity index (χ0) is 13.7. The Morgan fingerprint density at radius 2 is 2.11 bits per heavy atom. The van der Waals surface area contributed by atoms with Gasteiger partial charge in [0.25, 0.3) is 0 Å². The zero-order valence-corrected chi connectivity index (χ0v) is 12.5. The first-order valence-corrected chi connectivity index (χ1v) is 7.52. The van der Waals surface area contributed by atoms with Crippen molar-refractivity contribution in [2.45, 2.75) is 51.6 Å². The van der Waals surface area contributed by atoms with Crippen molar-refractivity contribution in [2.24, 2.45) is 0 Å². The maximum absolute atomic E-state index is 4.24. The molecule has 0 saturated carbocycles. The van der Waals surface area contributed by atoms with Crippen molar-refractivity contribution >= 4 is 0 Å². The molecule has 1 aromatic heterocycles. The van der Waals surface area contributed by atoms with Crippen LogP contribution in [0, 0.1) is 0 Å². The molecule has 0 aliphatic carbocycles. The molecular formula is C16H27N3. The lowest BCUT2D eigenvalue weighted by Crippen LogP contribution is -2.57. The van der Waals surface area contributed by atoms with Gasteiger partial charge in [-0.3, -0.25) is 9.88 Å². The summed E-state index contributed by atoms with van der Waals surface area (Å²) in [6.45, 7) is 10.4. The Hall–Kier alpha value is -0.930. The Kier molecular flexibility index (Phi) is 4.94. The predicted octanol–water partition coefficient (Wildman–Crippen LogP) is 2.48. The van der Waals surface area contributed by atoms with Crippen molar-refractivity contribution in [1.82, 2.24) is 15.2 Å². The smallest absolute Gasteiger partial charge is 0.0309 e. The molecule has 0 spiro atoms. The van der Waals surface area contributed by atoms with Crippen LogP contribution in [0.15, 0.2) is 24.5 Å². The van der Waals surface area contributed by atoms with Crippen LogP contribution in [-0.2, 0) is 6.42 Å². The molecule has 1 fully saturated rings. The van der Waals surface area contributed by atoms with Gasteiger partial charge in [-0.15, -0.1) is 0 Å². The second kappa shape index (κ2) is 6.49. The molecule has 1 saturated heterocycles. The number of pyridine rings is 1. The van der Waals surface area contributed by atoms with Gasteiger partial charge < -0.3 is 5.32 Å². The molecule has 2 heterocycles. The van der Waals surface area contributed by atoms with Crippen molar-refractivity contribution in [3.63, 3.8) is 0 Å². The lowest BCUT2D eigenvalue weighted by atomic mass is 9.88. The maximum atomic E-state index is 4.24. The standard InChI is InChI=1S/C16H27N3/c1-4-18-15(12-14-8-7-9-17-13-14)16(2,3)19-10-5-6-11-19/h7-9,13,15,18H,4-6,10-12H2,1-3H3. The number of rotatable bonds is 6. The highest BCUT2D eigenvalue weighted by molar-refractivity contribution is 5.13. The van der Waals surface area contributed by atoms with E-state index < -0.39 is 0 Å². The summed E-state index contributed by atoms with van der Waals surface area (Å²) in [5, 5.41) is 3.68. The summed E-state index contributed by atoms with van der Waals surface area (Å²) < 4.78 is 0. The van der Waals surface area contributed by atoms with Gasteiger partial charge in [0.05, 0.1) is 0 Å². The van der Waals surface area contributed by atoms with Crippen molar-refractivity contribution < 1.29 is 0 Å². The minimum atomic E-state index is 0.197. The van der Waals surface area contributed by atoms with Crippen LogP contribution >= 0.6 is 0 Å². The first-order valence-electron chi connectivity index (χ1n) is 7.52. The average Bonchev–Trinajstić information content (AvgIpc) is 2.94. The number of hydrogen-bond donors (Lipinski definition) is 1. The van der Waals surface area contributed by atoms with E-state index in [-0.39, 0.29) is 5.54 Å². The number of aromatic nitrogens is 1. The number of likely N-dealkylation sites (N-methyl/N-ethyl adjacent to an activating group) is 1. The van der Waals surface area contributed by atoms with E-state index in [4.69, 9.17) is 0 Å². The Bertz CT molecular complexity index is 369. The van der Waals surface area contributed by atoms with E-state index in [2.05, 4.69) is 42.0 Å². The topological polar surface area (TPSA) is 28.2 Å². The molecule has 3 nitrogen and oxygen atoms in total. The molecule has 1 aliphatic heterocycles. The molecular weight excluding hydrogens is 234 g/mol. The van der Waals surface area contributed by atoms with E-state index in [9.17, 15) is 0 Å². The van der Waals surface area contributed by atoms with Crippen LogP contribution in [0.1, 0.15) is 39.2 Å². The summed E-state index contributed by atoms with van der Waals surface area (Å²) in [5.74, 6) is 0. The average molecular weight is 261 g/mol. The van der Waals surface area contributed by atoms with Crippen LogP contribution in [-0.4, -0.2) is 41.1 Å². The Morgan fingerprint density at radius 3 is 2.68 bits per heavy atom. The van der Waals surface area contributed by atoms with E-state index in [0.29, 0.717) is 6.04 Å². The van der Waals surface area contributed by atoms with Gasteiger partial charge in [-0.2, -0.15) is 0 Å². The molecule has 0 aromatic carbocycles. The van der Waals surface area contributed by atoms with Crippen molar-refractivity contribution in [2.75, 3.05) is 19.6 Å². The van der Waals surface area contributed by atoms with E-state index in [1.165, 1.54) is 31.5 Å². The van der Waals surface area contributed by atoms with Gasteiger partial charge in [-0.1, -0.05) is 13.0 Å². The summed E-state index contributed by atoms with van der Waals surface area (Å²) in [4.78, 5) is 6.87. The second-order valence-corrected chi connectivity index (χ2v) is 6.02. The molecule has 0 radical (unpaired) electrons. The van der Waals surface area contributed by atoms with Gasteiger partial charge in [0.15, 0.2) is 0 Å². The normalized spacial score (nSPS) is 18.7. The van der Waals surface area contributed by atoms with Crippen LogP contribution in [0.2, 0.25) is 0 Å². The first kappa shape index (κ1) is 14.5. The van der Waals surface area contributed by atoms with Gasteiger partial charge in [0, 0.05) is 24.0 Å². The SMILES string of the molecule is CCNC(Cc1cccnc1)C(C)(C)N1CCCC1. The molecule has 1 aromatic rings. The van der Waals surface area contributed by atoms with E-state index in [1.54, 1.807) is 0 Å². The van der Waals surface area contributed by atoms with Crippen LogP contribution in [0.4, 0.5) is 0 Å². The van der Waals surface area contributed by atoms with E-state index in [0.717, 1.165) is 13.0 Å². The van der Waals surface area contributed by atoms with Crippen molar-refractivity contribution in [3.8, 4) is 0 Å². The highest BCUT2D eigenvalue weighted by Gasteiger charge is 2.36. The molecule has 1 atom stereocenters. The van der Waals surface area contributed by atoms with Gasteiger partial charge in [0.2, 0.25) is 0 Å². The summed E-state index contributed by atoms with van der Waals surface area (Å²) in [6.07, 6.45) is 7.57. The van der Waals surface area contributed by atoms with Crippen LogP contribution < -0.4 is 5.32 Å². The number of nitrogens with zero attached hydrogens (tertiary/aromatic N) is 2. The second-order valence-electron chi connectivity index (χ2n) is 6.02. The molecule has 0 bridgehead atoms. The fourth-order valence-corrected chi connectivity index (χ4v) is 3.09. The molecule has 106 valence electrons. The fourth-order valence-electron chi connectivity index (χ4n) is 3.09. The summed E-state index contributed by atoms with van der Waals surface area (Å²) in [5.41, 5.74) is 1.52. The third-order valence-electron chi connectivity index (χ3n) is 4.39. The van der Waals surface area contributed by atoms with Crippen LogP contribution in [0.25, 0.3) is 0 Å². The minimum Gasteiger partial charge on any atom is -0.312 e. The summed E-state index contributed by atoms with van der Waals surface area (Å²) >= 11 is 0. The van der Waals surface area contributed by atoms with Gasteiger partial charge in [0.1, 0.15) is 0 Å². The predicted molar refractivity (Wildman–Crippen MR) is 80.3 cm³/mol. The number of likely N-dealkylation sites (tertiary alicyclic amines) is 1. The van der Waals surface area contributed by atoms with Gasteiger partial charge in [-0.25, -0.2) is 0 Å². The van der Waals surface area contributed by atoms with Crippen molar-refractivity contribution in [3.05, 3.63) is 30.1 Å². The molecule has 3 heteroatoms. The third kappa shape index (κ3) is 3.54. The first-order chi connectivity index (χ1) is 9.14. The fraction of sp³-hybridized carbons (Fsp3) is 0.688. The molecule has 1 unspecified atom stereocenters. The zero-order valence-electron chi connectivity index (χ0n) is 12.5. The highest BCUT2D eigenvalue weighted by Crippen LogP contribution is 2.26. The van der Waals surface area contributed by atoms with Crippen LogP contribution in [0.5, 0.6) is 0 Å². The van der Waals surface area contributed by atoms with E-state index >= 15 is 0 Å². The van der Waals surface area contributed by atoms with Gasteiger partial charge >= 0.3 is 0 Å². The number of nitrogens with one attached hydrogen (secondary N) is 1. The lowest BCUT2D eigenvalue weighted by Gasteiger charge is -2.42. The maximum Gasteiger partial charge on any atom is 0.0309 e. The molecule has 2 rings (SSSR count). The Morgan fingerprint density at radius 1 is 1.37 bits per heavy atom. The summed E-state index contributed by atoms with van der Waals surface area (Å²) in [7, 11) is 0. The number of hydrogen-bond acceptors (Lipinski definition) is 3. The minimum absolute atomic E-state index is 0.197. The van der Waals surface area contributed by atoms with Crippen LogP contribution in [0.3, 0.4) is 0 Å². The molecule has 19 heavy (non-hydrogen) atoms. The van der Waals surface area contributed by atoms with Gasteiger partial charge in [-0.05, 0) is 64.4 Å². The highest BCUT2D eigenvalue weighted by atomic mass is 15.2. The lowest BCUT2D eigenvalue weighted by molar-refractivity contribution is 0.107. The summed E-state index contributed by atoms with van der Waals surface area (Å²) in [6, 6.07) is 4.68.